The normalized spacial score (nSPS) is 10.9. The van der Waals surface area contributed by atoms with Gasteiger partial charge in [-0.3, -0.25) is 9.59 Å². The van der Waals surface area contributed by atoms with E-state index in [0.717, 1.165) is 5.56 Å². The topological polar surface area (TPSA) is 84.2 Å². The van der Waals surface area contributed by atoms with Crippen LogP contribution in [0.2, 0.25) is 0 Å². The summed E-state index contributed by atoms with van der Waals surface area (Å²) in [7, 11) is 0. The molecule has 0 aliphatic rings. The summed E-state index contributed by atoms with van der Waals surface area (Å²) in [6.45, 7) is 3.97. The third-order valence-electron chi connectivity index (χ3n) is 2.64. The van der Waals surface area contributed by atoms with Gasteiger partial charge in [-0.05, 0) is 19.4 Å². The van der Waals surface area contributed by atoms with Crippen LogP contribution in [0.5, 0.6) is 0 Å². The van der Waals surface area contributed by atoms with Crippen LogP contribution in [-0.2, 0) is 16.0 Å². The summed E-state index contributed by atoms with van der Waals surface area (Å²) >= 11 is 0. The zero-order valence-electron chi connectivity index (χ0n) is 11.4. The Bertz CT molecular complexity index is 430. The Hall–Kier alpha value is -1.88. The second-order valence-electron chi connectivity index (χ2n) is 5.08. The molecule has 0 saturated heterocycles. The van der Waals surface area contributed by atoms with Crippen molar-refractivity contribution in [3.63, 3.8) is 0 Å². The van der Waals surface area contributed by atoms with E-state index in [0.29, 0.717) is 6.54 Å². The number of rotatable bonds is 6. The number of benzene rings is 1. The summed E-state index contributed by atoms with van der Waals surface area (Å²) in [6, 6.07) is 9.39. The molecule has 19 heavy (non-hydrogen) atoms. The van der Waals surface area contributed by atoms with Gasteiger partial charge in [-0.1, -0.05) is 30.3 Å². The largest absolute Gasteiger partial charge is 0.348 e. The molecule has 0 aromatic heterocycles. The first-order chi connectivity index (χ1) is 8.93. The second-order valence-corrected chi connectivity index (χ2v) is 5.08. The highest BCUT2D eigenvalue weighted by Crippen LogP contribution is 1.99. The van der Waals surface area contributed by atoms with E-state index in [-0.39, 0.29) is 24.8 Å². The van der Waals surface area contributed by atoms with Crippen molar-refractivity contribution in [2.45, 2.75) is 25.8 Å². The molecule has 104 valence electrons. The van der Waals surface area contributed by atoms with Crippen molar-refractivity contribution in [1.82, 2.24) is 10.6 Å². The molecule has 0 fully saturated rings. The summed E-state index contributed by atoms with van der Waals surface area (Å²) in [5.41, 5.74) is 5.97. The van der Waals surface area contributed by atoms with Crippen molar-refractivity contribution < 1.29 is 9.59 Å². The zero-order valence-corrected chi connectivity index (χ0v) is 11.4. The van der Waals surface area contributed by atoms with Gasteiger partial charge < -0.3 is 16.4 Å². The van der Waals surface area contributed by atoms with Crippen LogP contribution in [0.1, 0.15) is 19.4 Å². The molecule has 0 aliphatic heterocycles. The van der Waals surface area contributed by atoms with Gasteiger partial charge in [-0.15, -0.1) is 0 Å². The van der Waals surface area contributed by atoms with Gasteiger partial charge in [-0.2, -0.15) is 0 Å². The van der Waals surface area contributed by atoms with Gasteiger partial charge in [0, 0.05) is 12.1 Å². The van der Waals surface area contributed by atoms with E-state index < -0.39 is 5.54 Å². The Morgan fingerprint density at radius 1 is 1.16 bits per heavy atom. The molecule has 1 rings (SSSR count). The van der Waals surface area contributed by atoms with Crippen molar-refractivity contribution in [1.29, 1.82) is 0 Å². The lowest BCUT2D eigenvalue weighted by atomic mass is 10.1. The predicted octanol–water partition coefficient (Wildman–Crippen LogP) is 0.199. The lowest BCUT2D eigenvalue weighted by Crippen LogP contribution is -2.51. The minimum atomic E-state index is -0.457. The predicted molar refractivity (Wildman–Crippen MR) is 74.4 cm³/mol. The van der Waals surface area contributed by atoms with E-state index >= 15 is 0 Å². The van der Waals surface area contributed by atoms with E-state index in [1.165, 1.54) is 0 Å². The van der Waals surface area contributed by atoms with Gasteiger partial charge in [0.2, 0.25) is 11.8 Å². The molecule has 0 bridgehead atoms. The summed E-state index contributed by atoms with van der Waals surface area (Å²) in [5, 5.41) is 5.33. The van der Waals surface area contributed by atoms with E-state index in [9.17, 15) is 9.59 Å². The highest BCUT2D eigenvalue weighted by atomic mass is 16.2. The van der Waals surface area contributed by atoms with Crippen molar-refractivity contribution in [2.24, 2.45) is 5.73 Å². The van der Waals surface area contributed by atoms with E-state index in [4.69, 9.17) is 5.73 Å². The molecule has 2 amide bonds. The number of amides is 2. The molecule has 5 heteroatoms. The quantitative estimate of drug-likeness (QED) is 0.685. The molecule has 0 spiro atoms. The molecule has 4 N–H and O–H groups in total. The zero-order chi connectivity index (χ0) is 14.3. The van der Waals surface area contributed by atoms with Gasteiger partial charge in [0.25, 0.3) is 0 Å². The van der Waals surface area contributed by atoms with Crippen LogP contribution in [0.4, 0.5) is 0 Å². The van der Waals surface area contributed by atoms with Crippen molar-refractivity contribution in [3.8, 4) is 0 Å². The highest BCUT2D eigenvalue weighted by Gasteiger charge is 2.18. The summed E-state index contributed by atoms with van der Waals surface area (Å²) in [6.07, 6.45) is 0.272. The fraction of sp³-hybridized carbons (Fsp3) is 0.429. The fourth-order valence-electron chi connectivity index (χ4n) is 1.50. The SMILES string of the molecule is CC(C)(CN)NC(=O)CNC(=O)Cc1ccccc1. The first-order valence-corrected chi connectivity index (χ1v) is 6.24. The molecule has 0 aliphatic carbocycles. The van der Waals surface area contributed by atoms with Crippen LogP contribution in [0.15, 0.2) is 30.3 Å². The van der Waals surface area contributed by atoms with Gasteiger partial charge in [0.15, 0.2) is 0 Å². The van der Waals surface area contributed by atoms with E-state index in [1.807, 2.05) is 44.2 Å². The van der Waals surface area contributed by atoms with Crippen molar-refractivity contribution in [2.75, 3.05) is 13.1 Å². The Labute approximate surface area is 113 Å². The first kappa shape index (κ1) is 15.2. The molecule has 1 aromatic carbocycles. The minimum Gasteiger partial charge on any atom is -0.348 e. The molecule has 0 radical (unpaired) electrons. The van der Waals surface area contributed by atoms with Crippen LogP contribution >= 0.6 is 0 Å². The van der Waals surface area contributed by atoms with E-state index in [1.54, 1.807) is 0 Å². The third kappa shape index (κ3) is 6.01. The van der Waals surface area contributed by atoms with Crippen LogP contribution in [0.3, 0.4) is 0 Å². The van der Waals surface area contributed by atoms with Crippen LogP contribution in [0.25, 0.3) is 0 Å². The number of hydrogen-bond donors (Lipinski definition) is 3. The lowest BCUT2D eigenvalue weighted by molar-refractivity contribution is -0.126. The maximum atomic E-state index is 11.6. The number of carbonyl (C=O) groups is 2. The lowest BCUT2D eigenvalue weighted by Gasteiger charge is -2.24. The first-order valence-electron chi connectivity index (χ1n) is 6.24. The molecule has 0 saturated carbocycles. The third-order valence-corrected chi connectivity index (χ3v) is 2.64. The number of nitrogens with two attached hydrogens (primary N) is 1. The molecule has 0 unspecified atom stereocenters. The minimum absolute atomic E-state index is 0.0326. The van der Waals surface area contributed by atoms with Crippen LogP contribution < -0.4 is 16.4 Å². The molecular formula is C14H21N3O2. The maximum Gasteiger partial charge on any atom is 0.239 e. The number of carbonyl (C=O) groups excluding carboxylic acids is 2. The van der Waals surface area contributed by atoms with Gasteiger partial charge in [0.1, 0.15) is 0 Å². The summed E-state index contributed by atoms with van der Waals surface area (Å²) < 4.78 is 0. The smallest absolute Gasteiger partial charge is 0.239 e. The molecule has 0 heterocycles. The van der Waals surface area contributed by atoms with Crippen molar-refractivity contribution in [3.05, 3.63) is 35.9 Å². The monoisotopic (exact) mass is 263 g/mol. The Morgan fingerprint density at radius 2 is 1.79 bits per heavy atom. The average molecular weight is 263 g/mol. The second kappa shape index (κ2) is 6.89. The Morgan fingerprint density at radius 3 is 2.37 bits per heavy atom. The Balaban J connectivity index is 2.33. The summed E-state index contributed by atoms with van der Waals surface area (Å²) in [5.74, 6) is -0.413. The number of hydrogen-bond acceptors (Lipinski definition) is 3. The van der Waals surface area contributed by atoms with Crippen LogP contribution in [-0.4, -0.2) is 30.4 Å². The number of nitrogens with one attached hydrogen (secondary N) is 2. The molecule has 5 nitrogen and oxygen atoms in total. The highest BCUT2D eigenvalue weighted by molar-refractivity contribution is 5.86. The molecule has 1 aromatic rings. The van der Waals surface area contributed by atoms with E-state index in [2.05, 4.69) is 10.6 Å². The molecule has 0 atom stereocenters. The van der Waals surface area contributed by atoms with Gasteiger partial charge in [0.05, 0.1) is 13.0 Å². The van der Waals surface area contributed by atoms with Gasteiger partial charge >= 0.3 is 0 Å². The van der Waals surface area contributed by atoms with Crippen molar-refractivity contribution >= 4 is 11.8 Å². The maximum absolute atomic E-state index is 11.6. The fourth-order valence-corrected chi connectivity index (χ4v) is 1.50. The Kier molecular flexibility index (Phi) is 5.51. The standard InChI is InChI=1S/C14H21N3O2/c1-14(2,10-15)17-13(19)9-16-12(18)8-11-6-4-3-5-7-11/h3-7H,8-10,15H2,1-2H3,(H,16,18)(H,17,19). The summed E-state index contributed by atoms with van der Waals surface area (Å²) in [4.78, 5) is 23.2. The molecular weight excluding hydrogens is 242 g/mol. The van der Waals surface area contributed by atoms with Crippen LogP contribution in [0, 0.1) is 0 Å². The van der Waals surface area contributed by atoms with Gasteiger partial charge in [-0.25, -0.2) is 0 Å². The average Bonchev–Trinajstić information content (AvgIpc) is 2.37.